The monoisotopic (exact) mass is 365 g/mol. The smallest absolute Gasteiger partial charge is 0.226 e. The number of benzene rings is 1. The second-order valence-electron chi connectivity index (χ2n) is 7.16. The van der Waals surface area contributed by atoms with Crippen LogP contribution in [-0.4, -0.2) is 41.8 Å². The van der Waals surface area contributed by atoms with Crippen LogP contribution in [-0.2, 0) is 16.0 Å². The van der Waals surface area contributed by atoms with Crippen LogP contribution in [0, 0.1) is 5.41 Å². The van der Waals surface area contributed by atoms with E-state index in [1.807, 2.05) is 36.1 Å². The average Bonchev–Trinajstić information content (AvgIpc) is 2.74. The van der Waals surface area contributed by atoms with Crippen LogP contribution in [0.2, 0.25) is 0 Å². The Morgan fingerprint density at radius 3 is 2.41 bits per heavy atom. The fraction of sp³-hybridized carbons (Fsp3) is 0.409. The molecule has 3 rings (SSSR count). The quantitative estimate of drug-likeness (QED) is 0.886. The summed E-state index contributed by atoms with van der Waals surface area (Å²) >= 11 is 0. The number of hydrogen-bond acceptors (Lipinski definition) is 3. The molecular formula is C22H27N3O2. The van der Waals surface area contributed by atoms with Crippen molar-refractivity contribution >= 4 is 11.8 Å². The number of likely N-dealkylation sites (tertiary alicyclic amines) is 1. The molecule has 1 saturated heterocycles. The molecule has 0 aliphatic carbocycles. The van der Waals surface area contributed by atoms with Crippen LogP contribution in [0.1, 0.15) is 31.7 Å². The van der Waals surface area contributed by atoms with Crippen molar-refractivity contribution in [3.05, 3.63) is 54.4 Å². The molecule has 142 valence electrons. The fourth-order valence-corrected chi connectivity index (χ4v) is 4.01. The van der Waals surface area contributed by atoms with Crippen LogP contribution in [0.25, 0.3) is 11.1 Å². The number of carbonyl (C=O) groups is 2. The fourth-order valence-electron chi connectivity index (χ4n) is 4.01. The lowest BCUT2D eigenvalue weighted by molar-refractivity contribution is -0.140. The second kappa shape index (κ2) is 8.33. The highest BCUT2D eigenvalue weighted by Crippen LogP contribution is 2.38. The van der Waals surface area contributed by atoms with E-state index in [4.69, 9.17) is 0 Å². The van der Waals surface area contributed by atoms with Gasteiger partial charge >= 0.3 is 0 Å². The number of piperidine rings is 1. The van der Waals surface area contributed by atoms with Crippen LogP contribution in [0.15, 0.2) is 48.8 Å². The van der Waals surface area contributed by atoms with Gasteiger partial charge in [0.15, 0.2) is 0 Å². The molecule has 1 fully saturated rings. The number of rotatable bonds is 5. The van der Waals surface area contributed by atoms with Gasteiger partial charge in [-0.1, -0.05) is 31.2 Å². The zero-order chi connectivity index (χ0) is 19.3. The van der Waals surface area contributed by atoms with Gasteiger partial charge in [0.1, 0.15) is 0 Å². The lowest BCUT2D eigenvalue weighted by Gasteiger charge is -2.41. The molecule has 0 atom stereocenters. The summed E-state index contributed by atoms with van der Waals surface area (Å²) in [7, 11) is 1.70. The normalized spacial score (nSPS) is 16.0. The predicted molar refractivity (Wildman–Crippen MR) is 106 cm³/mol. The van der Waals surface area contributed by atoms with Crippen molar-refractivity contribution in [1.82, 2.24) is 15.2 Å². The number of pyridine rings is 1. The first kappa shape index (κ1) is 19.1. The Hall–Kier alpha value is -2.69. The number of carbonyl (C=O) groups excluding carboxylic acids is 2. The predicted octanol–water partition coefficient (Wildman–Crippen LogP) is 3.06. The largest absolute Gasteiger partial charge is 0.359 e. The number of aromatic nitrogens is 1. The van der Waals surface area contributed by atoms with Gasteiger partial charge in [-0.2, -0.15) is 0 Å². The summed E-state index contributed by atoms with van der Waals surface area (Å²) in [4.78, 5) is 30.9. The van der Waals surface area contributed by atoms with E-state index in [1.54, 1.807) is 19.4 Å². The molecule has 5 heteroatoms. The van der Waals surface area contributed by atoms with Crippen molar-refractivity contribution in [3.63, 3.8) is 0 Å². The third kappa shape index (κ3) is 4.02. The topological polar surface area (TPSA) is 62.3 Å². The maximum absolute atomic E-state index is 12.9. The van der Waals surface area contributed by atoms with Crippen molar-refractivity contribution in [2.45, 2.75) is 32.6 Å². The molecule has 2 amide bonds. The third-order valence-corrected chi connectivity index (χ3v) is 5.62. The van der Waals surface area contributed by atoms with E-state index in [0.717, 1.165) is 16.7 Å². The molecule has 1 aromatic heterocycles. The summed E-state index contributed by atoms with van der Waals surface area (Å²) < 4.78 is 0. The molecule has 0 unspecified atom stereocenters. The molecule has 5 nitrogen and oxygen atoms in total. The molecule has 2 aromatic rings. The van der Waals surface area contributed by atoms with Gasteiger partial charge in [-0.25, -0.2) is 0 Å². The summed E-state index contributed by atoms with van der Waals surface area (Å²) in [6, 6.07) is 12.2. The zero-order valence-corrected chi connectivity index (χ0v) is 16.1. The van der Waals surface area contributed by atoms with E-state index in [2.05, 4.69) is 22.4 Å². The first-order chi connectivity index (χ1) is 13.1. The second-order valence-corrected chi connectivity index (χ2v) is 7.16. The standard InChI is InChI=1S/C22H27N3O2/c1-3-20(26)25-14-10-22(11-15-25,21(27)23-2)16-18-6-4-5-7-19(18)17-8-12-24-13-9-17/h4-9,12-13H,3,10-11,14-16H2,1-2H3,(H,23,27). The van der Waals surface area contributed by atoms with E-state index in [1.165, 1.54) is 0 Å². The van der Waals surface area contributed by atoms with Crippen LogP contribution in [0.4, 0.5) is 0 Å². The molecule has 0 spiro atoms. The molecule has 1 aromatic carbocycles. The summed E-state index contributed by atoms with van der Waals surface area (Å²) in [5.74, 6) is 0.230. The molecule has 2 heterocycles. The Morgan fingerprint density at radius 2 is 1.78 bits per heavy atom. The first-order valence-electron chi connectivity index (χ1n) is 9.58. The Kier molecular flexibility index (Phi) is 5.89. The van der Waals surface area contributed by atoms with Crippen molar-refractivity contribution in [2.75, 3.05) is 20.1 Å². The van der Waals surface area contributed by atoms with Crippen molar-refractivity contribution in [1.29, 1.82) is 0 Å². The number of nitrogens with zero attached hydrogens (tertiary/aromatic N) is 2. The van der Waals surface area contributed by atoms with E-state index >= 15 is 0 Å². The molecule has 1 N–H and O–H groups in total. The molecule has 1 aliphatic heterocycles. The Balaban J connectivity index is 1.89. The van der Waals surface area contributed by atoms with Crippen molar-refractivity contribution < 1.29 is 9.59 Å². The number of nitrogens with one attached hydrogen (secondary N) is 1. The van der Waals surface area contributed by atoms with E-state index < -0.39 is 5.41 Å². The van der Waals surface area contributed by atoms with Gasteiger partial charge in [0.25, 0.3) is 0 Å². The van der Waals surface area contributed by atoms with Gasteiger partial charge in [0, 0.05) is 39.0 Å². The zero-order valence-electron chi connectivity index (χ0n) is 16.1. The molecule has 0 saturated carbocycles. The highest BCUT2D eigenvalue weighted by Gasteiger charge is 2.42. The van der Waals surface area contributed by atoms with Gasteiger partial charge in [-0.3, -0.25) is 14.6 Å². The molecule has 27 heavy (non-hydrogen) atoms. The highest BCUT2D eigenvalue weighted by atomic mass is 16.2. The van der Waals surface area contributed by atoms with Gasteiger partial charge in [-0.05, 0) is 48.1 Å². The Morgan fingerprint density at radius 1 is 1.11 bits per heavy atom. The van der Waals surface area contributed by atoms with Crippen LogP contribution >= 0.6 is 0 Å². The first-order valence-corrected chi connectivity index (χ1v) is 9.58. The van der Waals surface area contributed by atoms with Crippen LogP contribution in [0.3, 0.4) is 0 Å². The maximum atomic E-state index is 12.9. The minimum Gasteiger partial charge on any atom is -0.359 e. The van der Waals surface area contributed by atoms with Crippen molar-refractivity contribution in [2.24, 2.45) is 5.41 Å². The SMILES string of the molecule is CCC(=O)N1CCC(Cc2ccccc2-c2ccncc2)(C(=O)NC)CC1. The summed E-state index contributed by atoms with van der Waals surface area (Å²) in [5, 5.41) is 2.86. The minimum absolute atomic E-state index is 0.0654. The van der Waals surface area contributed by atoms with Crippen LogP contribution in [0.5, 0.6) is 0 Å². The molecule has 0 radical (unpaired) electrons. The number of hydrogen-bond donors (Lipinski definition) is 1. The molecule has 1 aliphatic rings. The lowest BCUT2D eigenvalue weighted by atomic mass is 9.72. The van der Waals surface area contributed by atoms with Gasteiger partial charge in [-0.15, -0.1) is 0 Å². The van der Waals surface area contributed by atoms with E-state index in [9.17, 15) is 9.59 Å². The van der Waals surface area contributed by atoms with E-state index in [-0.39, 0.29) is 11.8 Å². The van der Waals surface area contributed by atoms with Crippen molar-refractivity contribution in [3.8, 4) is 11.1 Å². The van der Waals surface area contributed by atoms with Gasteiger partial charge in [0.2, 0.25) is 11.8 Å². The molecule has 0 bridgehead atoms. The Bertz CT molecular complexity index is 796. The van der Waals surface area contributed by atoms with E-state index in [0.29, 0.717) is 38.8 Å². The van der Waals surface area contributed by atoms with Gasteiger partial charge in [0.05, 0.1) is 5.41 Å². The summed E-state index contributed by atoms with van der Waals surface area (Å²) in [6.07, 6.45) is 6.12. The minimum atomic E-state index is -0.484. The molecular weight excluding hydrogens is 338 g/mol. The summed E-state index contributed by atoms with van der Waals surface area (Å²) in [5.41, 5.74) is 2.91. The average molecular weight is 365 g/mol. The third-order valence-electron chi connectivity index (χ3n) is 5.62. The summed E-state index contributed by atoms with van der Waals surface area (Å²) in [6.45, 7) is 3.16. The Labute approximate surface area is 160 Å². The number of amides is 2. The highest BCUT2D eigenvalue weighted by molar-refractivity contribution is 5.84. The van der Waals surface area contributed by atoms with Crippen LogP contribution < -0.4 is 5.32 Å². The lowest BCUT2D eigenvalue weighted by Crippen LogP contribution is -2.50. The van der Waals surface area contributed by atoms with Gasteiger partial charge < -0.3 is 10.2 Å². The maximum Gasteiger partial charge on any atom is 0.226 e.